The molecule has 0 heterocycles. The van der Waals surface area contributed by atoms with Gasteiger partial charge in [0.15, 0.2) is 0 Å². The van der Waals surface area contributed by atoms with Crippen molar-refractivity contribution >= 4 is 23.3 Å². The van der Waals surface area contributed by atoms with Crippen LogP contribution in [0, 0.1) is 46.3 Å². The lowest BCUT2D eigenvalue weighted by Crippen LogP contribution is -2.60. The maximum atomic E-state index is 13.6. The summed E-state index contributed by atoms with van der Waals surface area (Å²) >= 11 is 0. The van der Waals surface area contributed by atoms with Gasteiger partial charge in [-0.1, -0.05) is 20.8 Å². The van der Waals surface area contributed by atoms with Crippen molar-refractivity contribution in [3.63, 3.8) is 0 Å². The highest BCUT2D eigenvalue weighted by atomic mass is 16.4. The van der Waals surface area contributed by atoms with Gasteiger partial charge < -0.3 is 5.11 Å². The fraction of sp³-hybridized carbons (Fsp3) is 0.833. The number of carbonyl (C=O) groups excluding carboxylic acids is 3. The van der Waals surface area contributed by atoms with E-state index < -0.39 is 11.4 Å². The van der Waals surface area contributed by atoms with E-state index in [1.165, 1.54) is 0 Å². The number of carboxylic acid groups (broad SMARTS) is 1. The fourth-order valence-corrected chi connectivity index (χ4v) is 7.94. The van der Waals surface area contributed by atoms with E-state index in [9.17, 15) is 19.2 Å². The lowest BCUT2D eigenvalue weighted by Gasteiger charge is -2.58. The Morgan fingerprint density at radius 1 is 1.10 bits per heavy atom. The summed E-state index contributed by atoms with van der Waals surface area (Å²) in [7, 11) is 0. The van der Waals surface area contributed by atoms with E-state index >= 15 is 0 Å². The molecule has 0 saturated heterocycles. The summed E-state index contributed by atoms with van der Waals surface area (Å²) in [5, 5.41) is 9.06. The van der Waals surface area contributed by atoms with E-state index in [1.807, 2.05) is 0 Å². The molecule has 4 aliphatic rings. The molecule has 4 fully saturated rings. The molecule has 0 aliphatic heterocycles. The predicted octanol–water partition coefficient (Wildman–Crippen LogP) is 4.07. The first-order valence-corrected chi connectivity index (χ1v) is 11.4. The Bertz CT molecular complexity index is 756. The molecule has 29 heavy (non-hydrogen) atoms. The second-order valence-electron chi connectivity index (χ2n) is 10.9. The highest BCUT2D eigenvalue weighted by Gasteiger charge is 2.66. The first-order chi connectivity index (χ1) is 13.6. The van der Waals surface area contributed by atoms with Gasteiger partial charge in [-0.25, -0.2) is 0 Å². The number of ketones is 3. The number of carbonyl (C=O) groups is 4. The Morgan fingerprint density at radius 3 is 2.52 bits per heavy atom. The number of hydrogen-bond acceptors (Lipinski definition) is 4. The van der Waals surface area contributed by atoms with Crippen LogP contribution in [-0.2, 0) is 19.2 Å². The second-order valence-corrected chi connectivity index (χ2v) is 10.9. The topological polar surface area (TPSA) is 88.5 Å². The number of rotatable bonds is 4. The first kappa shape index (κ1) is 20.7. The molecule has 0 unspecified atom stereocenters. The summed E-state index contributed by atoms with van der Waals surface area (Å²) in [5.74, 6) is 0.524. The molecular weight excluding hydrogens is 368 g/mol. The normalized spacial score (nSPS) is 45.3. The molecule has 0 aromatic carbocycles. The van der Waals surface area contributed by atoms with E-state index in [-0.39, 0.29) is 64.7 Å². The number of hydrogen-bond donors (Lipinski definition) is 1. The molecule has 0 radical (unpaired) electrons. The smallest absolute Gasteiger partial charge is 0.303 e. The van der Waals surface area contributed by atoms with Gasteiger partial charge in [0.2, 0.25) is 0 Å². The standard InChI is InChI=1S/C24H34O5/c1-13(4-7-21(28)29)16-5-6-17-22-18(12-20(27)24(16,17)3)23(2)9-8-15(25)10-14(23)11-19(22)26/h13-14,16-18,22H,4-12H2,1-3H3,(H,28,29)/t13-,14-,16+,17-,18-,22-,23+,24+/m1/s1. The molecule has 1 N–H and O–H groups in total. The van der Waals surface area contributed by atoms with Crippen molar-refractivity contribution in [1.29, 1.82) is 0 Å². The lowest BCUT2D eigenvalue weighted by atomic mass is 9.44. The molecular formula is C24H34O5. The van der Waals surface area contributed by atoms with Gasteiger partial charge >= 0.3 is 5.97 Å². The van der Waals surface area contributed by atoms with Gasteiger partial charge in [-0.2, -0.15) is 0 Å². The van der Waals surface area contributed by atoms with Crippen LogP contribution in [0.4, 0.5) is 0 Å². The number of carboxylic acids is 1. The number of aliphatic carboxylic acids is 1. The Balaban J connectivity index is 1.63. The zero-order valence-electron chi connectivity index (χ0n) is 17.9. The van der Waals surface area contributed by atoms with Crippen molar-refractivity contribution in [1.82, 2.24) is 0 Å². The van der Waals surface area contributed by atoms with E-state index in [1.54, 1.807) is 0 Å². The molecule has 4 saturated carbocycles. The van der Waals surface area contributed by atoms with Crippen LogP contribution in [0.2, 0.25) is 0 Å². The zero-order valence-corrected chi connectivity index (χ0v) is 17.9. The van der Waals surface area contributed by atoms with Gasteiger partial charge in [-0.3, -0.25) is 19.2 Å². The van der Waals surface area contributed by atoms with Crippen molar-refractivity contribution in [2.24, 2.45) is 46.3 Å². The van der Waals surface area contributed by atoms with Gasteiger partial charge in [-0.05, 0) is 60.7 Å². The molecule has 5 nitrogen and oxygen atoms in total. The van der Waals surface area contributed by atoms with Crippen LogP contribution in [0.5, 0.6) is 0 Å². The molecule has 5 heteroatoms. The fourth-order valence-electron chi connectivity index (χ4n) is 7.94. The average Bonchev–Trinajstić information content (AvgIpc) is 3.01. The minimum atomic E-state index is -0.792. The Kier molecular flexibility index (Phi) is 5.02. The van der Waals surface area contributed by atoms with Crippen molar-refractivity contribution in [3.8, 4) is 0 Å². The summed E-state index contributed by atoms with van der Waals surface area (Å²) in [6.07, 6.45) is 5.33. The maximum absolute atomic E-state index is 13.6. The first-order valence-electron chi connectivity index (χ1n) is 11.4. The maximum Gasteiger partial charge on any atom is 0.303 e. The van der Waals surface area contributed by atoms with E-state index in [4.69, 9.17) is 5.11 Å². The average molecular weight is 403 g/mol. The van der Waals surface area contributed by atoms with Crippen LogP contribution in [0.15, 0.2) is 0 Å². The highest BCUT2D eigenvalue weighted by molar-refractivity contribution is 5.93. The van der Waals surface area contributed by atoms with Crippen molar-refractivity contribution in [2.45, 2.75) is 78.6 Å². The summed E-state index contributed by atoms with van der Waals surface area (Å²) in [5.41, 5.74) is -0.598. The van der Waals surface area contributed by atoms with E-state index in [2.05, 4.69) is 20.8 Å². The zero-order chi connectivity index (χ0) is 21.1. The molecule has 160 valence electrons. The van der Waals surface area contributed by atoms with Crippen LogP contribution < -0.4 is 0 Å². The van der Waals surface area contributed by atoms with Crippen LogP contribution in [-0.4, -0.2) is 28.4 Å². The van der Waals surface area contributed by atoms with Crippen LogP contribution in [0.1, 0.15) is 78.6 Å². The second kappa shape index (κ2) is 7.02. The third-order valence-electron chi connectivity index (χ3n) is 9.72. The SMILES string of the molecule is C[C@H](CCC(=O)O)[C@@H]1CC[C@@H]2[C@H]3C(=O)C[C@H]4CC(=O)CC[C@]4(C)[C@@H]3CC(=O)[C@]21C. The van der Waals surface area contributed by atoms with Gasteiger partial charge in [0, 0.05) is 43.4 Å². The number of fused-ring (bicyclic) bond motifs is 5. The molecule has 0 amide bonds. The lowest BCUT2D eigenvalue weighted by molar-refractivity contribution is -0.166. The predicted molar refractivity (Wildman–Crippen MR) is 107 cm³/mol. The van der Waals surface area contributed by atoms with Gasteiger partial charge in [0.05, 0.1) is 0 Å². The highest BCUT2D eigenvalue weighted by Crippen LogP contribution is 2.66. The largest absolute Gasteiger partial charge is 0.481 e. The van der Waals surface area contributed by atoms with Crippen molar-refractivity contribution in [2.75, 3.05) is 0 Å². The summed E-state index contributed by atoms with van der Waals surface area (Å²) < 4.78 is 0. The Labute approximate surface area is 173 Å². The molecule has 4 aliphatic carbocycles. The molecule has 4 rings (SSSR count). The van der Waals surface area contributed by atoms with Gasteiger partial charge in [-0.15, -0.1) is 0 Å². The monoisotopic (exact) mass is 402 g/mol. The summed E-state index contributed by atoms with van der Waals surface area (Å²) in [4.78, 5) is 50.0. The molecule has 0 bridgehead atoms. The summed E-state index contributed by atoms with van der Waals surface area (Å²) in [6, 6.07) is 0. The Morgan fingerprint density at radius 2 is 1.83 bits per heavy atom. The van der Waals surface area contributed by atoms with Crippen molar-refractivity contribution in [3.05, 3.63) is 0 Å². The molecule has 8 atom stereocenters. The third kappa shape index (κ3) is 3.02. The van der Waals surface area contributed by atoms with Gasteiger partial charge in [0.1, 0.15) is 17.3 Å². The minimum absolute atomic E-state index is 0.0659. The third-order valence-corrected chi connectivity index (χ3v) is 9.72. The number of Topliss-reactive ketones (excluding diaryl/α,β-unsaturated/α-hetero) is 3. The molecule has 0 aromatic heterocycles. The van der Waals surface area contributed by atoms with Crippen LogP contribution in [0.3, 0.4) is 0 Å². The summed E-state index contributed by atoms with van der Waals surface area (Å²) in [6.45, 7) is 6.37. The van der Waals surface area contributed by atoms with E-state index in [0.717, 1.165) is 19.3 Å². The quantitative estimate of drug-likeness (QED) is 0.766. The van der Waals surface area contributed by atoms with Crippen LogP contribution in [0.25, 0.3) is 0 Å². The molecule has 0 spiro atoms. The Hall–Kier alpha value is -1.52. The van der Waals surface area contributed by atoms with Crippen LogP contribution >= 0.6 is 0 Å². The minimum Gasteiger partial charge on any atom is -0.481 e. The molecule has 0 aromatic rings. The van der Waals surface area contributed by atoms with E-state index in [0.29, 0.717) is 32.1 Å². The van der Waals surface area contributed by atoms with Crippen molar-refractivity contribution < 1.29 is 24.3 Å². The van der Waals surface area contributed by atoms with Gasteiger partial charge in [0.25, 0.3) is 0 Å².